The highest BCUT2D eigenvalue weighted by molar-refractivity contribution is 7.91. The molecule has 0 bridgehead atoms. The highest BCUT2D eigenvalue weighted by atomic mass is 32.2. The van der Waals surface area contributed by atoms with Gasteiger partial charge in [0, 0.05) is 60.4 Å². The molecule has 0 unspecified atom stereocenters. The summed E-state index contributed by atoms with van der Waals surface area (Å²) in [7, 11) is -2.84. The molecule has 1 aliphatic rings. The third-order valence-electron chi connectivity index (χ3n) is 5.38. The van der Waals surface area contributed by atoms with E-state index in [4.69, 9.17) is 0 Å². The zero-order valence-corrected chi connectivity index (χ0v) is 17.1. The number of aromatic nitrogens is 4. The topological polar surface area (TPSA) is 107 Å². The van der Waals surface area contributed by atoms with Crippen LogP contribution >= 0.6 is 0 Å². The number of benzene rings is 1. The molecule has 0 saturated carbocycles. The summed E-state index contributed by atoms with van der Waals surface area (Å²) in [5.74, 6) is 1.26. The molecule has 0 spiro atoms. The highest BCUT2D eigenvalue weighted by Gasteiger charge is 2.21. The Kier molecular flexibility index (Phi) is 4.76. The van der Waals surface area contributed by atoms with E-state index >= 15 is 0 Å². The molecule has 4 heterocycles. The molecule has 3 aromatic heterocycles. The van der Waals surface area contributed by atoms with Gasteiger partial charge in [-0.05, 0) is 23.8 Å². The summed E-state index contributed by atoms with van der Waals surface area (Å²) in [6.07, 6.45) is 5.47. The molecular weight excluding hydrogens is 400 g/mol. The van der Waals surface area contributed by atoms with E-state index in [9.17, 15) is 8.42 Å². The van der Waals surface area contributed by atoms with Gasteiger partial charge >= 0.3 is 0 Å². The van der Waals surface area contributed by atoms with Gasteiger partial charge in [0.1, 0.15) is 5.82 Å². The molecule has 3 N–H and O–H groups in total. The van der Waals surface area contributed by atoms with Gasteiger partial charge in [0.05, 0.1) is 23.2 Å². The number of hydrogen-bond donors (Lipinski definition) is 3. The van der Waals surface area contributed by atoms with Crippen LogP contribution in [0.25, 0.3) is 22.2 Å². The Labute approximate surface area is 174 Å². The molecule has 0 amide bonds. The monoisotopic (exact) mass is 422 g/mol. The summed E-state index contributed by atoms with van der Waals surface area (Å²) in [6, 6.07) is 12.2. The predicted octanol–water partition coefficient (Wildman–Crippen LogP) is 2.93. The summed E-state index contributed by atoms with van der Waals surface area (Å²) >= 11 is 0. The summed E-state index contributed by atoms with van der Waals surface area (Å²) in [4.78, 5) is 10.1. The lowest BCUT2D eigenvalue weighted by Gasteiger charge is -2.26. The van der Waals surface area contributed by atoms with Crippen LogP contribution in [0.15, 0.2) is 55.0 Å². The molecule has 4 aromatic rings. The van der Waals surface area contributed by atoms with Crippen LogP contribution in [0.3, 0.4) is 0 Å². The van der Waals surface area contributed by atoms with Gasteiger partial charge in [0.15, 0.2) is 9.84 Å². The van der Waals surface area contributed by atoms with Crippen LogP contribution in [-0.4, -0.2) is 58.1 Å². The van der Waals surface area contributed by atoms with Gasteiger partial charge in [-0.25, -0.2) is 13.4 Å². The number of rotatable bonds is 5. The molecule has 1 fully saturated rings. The minimum atomic E-state index is -2.84. The molecule has 9 heteroatoms. The first-order valence-electron chi connectivity index (χ1n) is 9.81. The quantitative estimate of drug-likeness (QED) is 0.457. The molecule has 8 nitrogen and oxygen atoms in total. The summed E-state index contributed by atoms with van der Waals surface area (Å²) < 4.78 is 23.1. The van der Waals surface area contributed by atoms with Gasteiger partial charge in [-0.2, -0.15) is 5.10 Å². The van der Waals surface area contributed by atoms with E-state index in [0.29, 0.717) is 13.1 Å². The number of nitrogens with zero attached hydrogens (tertiary/aromatic N) is 3. The number of nitrogens with one attached hydrogen (secondary N) is 3. The fourth-order valence-corrected chi connectivity index (χ4v) is 4.93. The Morgan fingerprint density at radius 3 is 2.60 bits per heavy atom. The number of H-pyrrole nitrogens is 2. The average Bonchev–Trinajstić information content (AvgIpc) is 3.40. The predicted molar refractivity (Wildman–Crippen MR) is 117 cm³/mol. The minimum absolute atomic E-state index is 0.252. The smallest absolute Gasteiger partial charge is 0.152 e. The van der Waals surface area contributed by atoms with Gasteiger partial charge in [-0.1, -0.05) is 12.1 Å². The maximum Gasteiger partial charge on any atom is 0.152 e. The molecule has 0 aliphatic carbocycles. The van der Waals surface area contributed by atoms with Gasteiger partial charge < -0.3 is 10.3 Å². The summed E-state index contributed by atoms with van der Waals surface area (Å²) in [5, 5.41) is 11.2. The summed E-state index contributed by atoms with van der Waals surface area (Å²) in [5.41, 5.74) is 5.11. The second-order valence-corrected chi connectivity index (χ2v) is 9.88. The van der Waals surface area contributed by atoms with E-state index in [1.54, 1.807) is 6.20 Å². The number of hydrogen-bond acceptors (Lipinski definition) is 6. The number of aromatic amines is 2. The van der Waals surface area contributed by atoms with Crippen LogP contribution in [0.2, 0.25) is 0 Å². The van der Waals surface area contributed by atoms with E-state index in [1.807, 2.05) is 30.6 Å². The summed E-state index contributed by atoms with van der Waals surface area (Å²) in [6.45, 7) is 1.96. The number of anilines is 2. The molecule has 154 valence electrons. The molecule has 0 atom stereocenters. The van der Waals surface area contributed by atoms with Crippen molar-refractivity contribution in [3.63, 3.8) is 0 Å². The van der Waals surface area contributed by atoms with Crippen LogP contribution in [0, 0.1) is 0 Å². The molecule has 1 aliphatic heterocycles. The fraction of sp³-hybridized carbons (Fsp3) is 0.238. The normalized spacial score (nSPS) is 16.7. The second-order valence-electron chi connectivity index (χ2n) is 7.58. The number of sulfone groups is 1. The highest BCUT2D eigenvalue weighted by Crippen LogP contribution is 2.25. The standard InChI is InChI=1S/C21H22N6O2S/c28-30(29)7-5-27(6-8-30)14-15-1-3-18(4-2-15)25-21-10-20-16(11-22-21)9-19(26-20)17-12-23-24-13-17/h1-4,9-13,26H,5-8,14H2,(H,22,25)(H,23,24). The SMILES string of the molecule is O=S1(=O)CCN(Cc2ccc(Nc3cc4[nH]c(-c5cn[nH]c5)cc4cn3)cc2)CC1. The fourth-order valence-electron chi connectivity index (χ4n) is 3.66. The first kappa shape index (κ1) is 18.8. The Hall–Kier alpha value is -3.17. The lowest BCUT2D eigenvalue weighted by molar-refractivity contribution is 0.287. The van der Waals surface area contributed by atoms with Crippen molar-refractivity contribution >= 4 is 32.2 Å². The van der Waals surface area contributed by atoms with E-state index in [2.05, 4.69) is 48.6 Å². The van der Waals surface area contributed by atoms with E-state index in [0.717, 1.165) is 45.8 Å². The maximum atomic E-state index is 11.6. The Morgan fingerprint density at radius 1 is 1.07 bits per heavy atom. The van der Waals surface area contributed by atoms with Crippen LogP contribution < -0.4 is 5.32 Å². The molecule has 5 rings (SSSR count). The first-order chi connectivity index (χ1) is 14.5. The molecular formula is C21H22N6O2S. The molecule has 0 radical (unpaired) electrons. The lowest BCUT2D eigenvalue weighted by atomic mass is 10.2. The van der Waals surface area contributed by atoms with Crippen molar-refractivity contribution in [3.8, 4) is 11.3 Å². The van der Waals surface area contributed by atoms with Gasteiger partial charge in [0.25, 0.3) is 0 Å². The van der Waals surface area contributed by atoms with Gasteiger partial charge in [-0.15, -0.1) is 0 Å². The largest absolute Gasteiger partial charge is 0.354 e. The third-order valence-corrected chi connectivity index (χ3v) is 6.99. The van der Waals surface area contributed by atoms with E-state index < -0.39 is 9.84 Å². The zero-order valence-electron chi connectivity index (χ0n) is 16.3. The van der Waals surface area contributed by atoms with Crippen molar-refractivity contribution in [2.75, 3.05) is 29.9 Å². The van der Waals surface area contributed by atoms with Crippen molar-refractivity contribution in [3.05, 3.63) is 60.6 Å². The van der Waals surface area contributed by atoms with Crippen molar-refractivity contribution < 1.29 is 8.42 Å². The Bertz CT molecular complexity index is 1250. The lowest BCUT2D eigenvalue weighted by Crippen LogP contribution is -2.39. The maximum absolute atomic E-state index is 11.6. The third kappa shape index (κ3) is 4.07. The molecule has 30 heavy (non-hydrogen) atoms. The zero-order chi connectivity index (χ0) is 20.6. The van der Waals surface area contributed by atoms with Gasteiger partial charge in [0.2, 0.25) is 0 Å². The van der Waals surface area contributed by atoms with Crippen molar-refractivity contribution in [2.45, 2.75) is 6.54 Å². The second kappa shape index (κ2) is 7.58. The Balaban J connectivity index is 1.26. The van der Waals surface area contributed by atoms with Crippen LogP contribution in [-0.2, 0) is 16.4 Å². The minimum Gasteiger partial charge on any atom is -0.354 e. The van der Waals surface area contributed by atoms with Crippen molar-refractivity contribution in [1.82, 2.24) is 25.1 Å². The van der Waals surface area contributed by atoms with E-state index in [-0.39, 0.29) is 11.5 Å². The van der Waals surface area contributed by atoms with Crippen molar-refractivity contribution in [2.24, 2.45) is 0 Å². The van der Waals surface area contributed by atoms with E-state index in [1.165, 1.54) is 0 Å². The Morgan fingerprint density at radius 2 is 1.87 bits per heavy atom. The van der Waals surface area contributed by atoms with Gasteiger partial charge in [-0.3, -0.25) is 10.00 Å². The number of fused-ring (bicyclic) bond motifs is 1. The van der Waals surface area contributed by atoms with Crippen LogP contribution in [0.5, 0.6) is 0 Å². The first-order valence-corrected chi connectivity index (χ1v) is 11.6. The number of pyridine rings is 1. The molecule has 1 aromatic carbocycles. The van der Waals surface area contributed by atoms with Crippen molar-refractivity contribution in [1.29, 1.82) is 0 Å². The van der Waals surface area contributed by atoms with Crippen LogP contribution in [0.1, 0.15) is 5.56 Å². The van der Waals surface area contributed by atoms with Crippen LogP contribution in [0.4, 0.5) is 11.5 Å². The molecule has 1 saturated heterocycles. The average molecular weight is 423 g/mol.